The highest BCUT2D eigenvalue weighted by atomic mass is 16.6. The molecule has 0 saturated carbocycles. The van der Waals surface area contributed by atoms with Gasteiger partial charge in [0.05, 0.1) is 18.8 Å². The summed E-state index contributed by atoms with van der Waals surface area (Å²) in [6.07, 6.45) is 5.41. The van der Waals surface area contributed by atoms with Gasteiger partial charge in [0.15, 0.2) is 0 Å². The predicted octanol–water partition coefficient (Wildman–Crippen LogP) is 2.30. The largest absolute Gasteiger partial charge is 0.463 e. The first-order valence-corrected chi connectivity index (χ1v) is 6.63. The number of carbonyl (C=O) groups is 1. The molecule has 0 aliphatic carbocycles. The highest BCUT2D eigenvalue weighted by Crippen LogP contribution is 2.25. The number of rotatable bonds is 10. The molecule has 4 nitrogen and oxygen atoms in total. The van der Waals surface area contributed by atoms with E-state index in [9.17, 15) is 4.79 Å². The zero-order valence-corrected chi connectivity index (χ0v) is 10.9. The van der Waals surface area contributed by atoms with Crippen LogP contribution in [-0.4, -0.2) is 38.0 Å². The minimum absolute atomic E-state index is 0.115. The summed E-state index contributed by atoms with van der Waals surface area (Å²) in [4.78, 5) is 11.1. The van der Waals surface area contributed by atoms with Crippen LogP contribution < -0.4 is 0 Å². The van der Waals surface area contributed by atoms with E-state index in [1.165, 1.54) is 0 Å². The van der Waals surface area contributed by atoms with Crippen molar-refractivity contribution in [3.63, 3.8) is 0 Å². The Balaban J connectivity index is 1.76. The molecular weight excluding hydrogens is 220 g/mol. The second kappa shape index (κ2) is 8.48. The molecule has 0 radical (unpaired) electrons. The molecule has 1 saturated heterocycles. The van der Waals surface area contributed by atoms with Gasteiger partial charge >= 0.3 is 5.97 Å². The van der Waals surface area contributed by atoms with Crippen LogP contribution in [0.15, 0.2) is 0 Å². The summed E-state index contributed by atoms with van der Waals surface area (Å²) in [7, 11) is 0. The van der Waals surface area contributed by atoms with Crippen molar-refractivity contribution in [2.45, 2.75) is 58.2 Å². The Labute approximate surface area is 104 Å². The van der Waals surface area contributed by atoms with Crippen LogP contribution in [0.3, 0.4) is 0 Å². The Morgan fingerprint density at radius 1 is 1.24 bits per heavy atom. The molecule has 0 aromatic rings. The molecule has 1 aliphatic rings. The second-order valence-electron chi connectivity index (χ2n) is 4.46. The fraction of sp³-hybridized carbons (Fsp3) is 0.923. The molecule has 1 heterocycles. The van der Waals surface area contributed by atoms with E-state index in [2.05, 4.69) is 13.8 Å². The molecule has 17 heavy (non-hydrogen) atoms. The van der Waals surface area contributed by atoms with E-state index in [4.69, 9.17) is 14.2 Å². The van der Waals surface area contributed by atoms with Gasteiger partial charge < -0.3 is 14.2 Å². The molecule has 0 N–H and O–H groups in total. The van der Waals surface area contributed by atoms with Crippen molar-refractivity contribution in [2.24, 2.45) is 0 Å². The van der Waals surface area contributed by atoms with Crippen LogP contribution in [-0.2, 0) is 19.0 Å². The van der Waals surface area contributed by atoms with Gasteiger partial charge in [0.2, 0.25) is 0 Å². The molecule has 100 valence electrons. The Hall–Kier alpha value is -0.610. The van der Waals surface area contributed by atoms with Crippen LogP contribution in [0, 0.1) is 0 Å². The fourth-order valence-electron chi connectivity index (χ4n) is 1.63. The molecule has 0 bridgehead atoms. The lowest BCUT2D eigenvalue weighted by molar-refractivity contribution is -0.145. The van der Waals surface area contributed by atoms with Crippen molar-refractivity contribution in [3.05, 3.63) is 0 Å². The lowest BCUT2D eigenvalue weighted by atomic mass is 10.2. The van der Waals surface area contributed by atoms with Crippen LogP contribution in [0.25, 0.3) is 0 Å². The maximum absolute atomic E-state index is 11.1. The summed E-state index contributed by atoms with van der Waals surface area (Å²) < 4.78 is 15.7. The van der Waals surface area contributed by atoms with Gasteiger partial charge in [-0.25, -0.2) is 0 Å². The predicted molar refractivity (Wildman–Crippen MR) is 64.9 cm³/mol. The number of hydrogen-bond acceptors (Lipinski definition) is 4. The van der Waals surface area contributed by atoms with Gasteiger partial charge in [-0.15, -0.1) is 0 Å². The molecule has 1 aliphatic heterocycles. The molecule has 1 rings (SSSR count). The first-order valence-electron chi connectivity index (χ1n) is 6.63. The first kappa shape index (κ1) is 14.5. The van der Waals surface area contributed by atoms with E-state index >= 15 is 0 Å². The summed E-state index contributed by atoms with van der Waals surface area (Å²) in [5.74, 6) is -0.115. The van der Waals surface area contributed by atoms with Crippen molar-refractivity contribution in [1.29, 1.82) is 0 Å². The van der Waals surface area contributed by atoms with Crippen LogP contribution in [0.2, 0.25) is 0 Å². The van der Waals surface area contributed by atoms with Crippen LogP contribution in [0.5, 0.6) is 0 Å². The third-order valence-electron chi connectivity index (χ3n) is 2.84. The maximum Gasteiger partial charge on any atom is 0.305 e. The van der Waals surface area contributed by atoms with E-state index in [0.717, 1.165) is 32.3 Å². The monoisotopic (exact) mass is 244 g/mol. The quantitative estimate of drug-likeness (QED) is 0.336. The lowest BCUT2D eigenvalue weighted by Crippen LogP contribution is -2.11. The summed E-state index contributed by atoms with van der Waals surface area (Å²) in [5, 5.41) is 0. The van der Waals surface area contributed by atoms with Gasteiger partial charge in [-0.1, -0.05) is 13.3 Å². The van der Waals surface area contributed by atoms with Gasteiger partial charge in [0.25, 0.3) is 0 Å². The fourth-order valence-corrected chi connectivity index (χ4v) is 1.63. The van der Waals surface area contributed by atoms with Crippen molar-refractivity contribution in [1.82, 2.24) is 0 Å². The number of epoxide rings is 1. The Kier molecular flexibility index (Phi) is 7.21. The highest BCUT2D eigenvalue weighted by molar-refractivity contribution is 5.69. The zero-order valence-electron chi connectivity index (χ0n) is 10.9. The Bertz CT molecular complexity index is 217. The third kappa shape index (κ3) is 7.34. The smallest absolute Gasteiger partial charge is 0.305 e. The maximum atomic E-state index is 11.1. The molecule has 2 atom stereocenters. The minimum Gasteiger partial charge on any atom is -0.463 e. The normalized spacial score (nSPS) is 22.5. The van der Waals surface area contributed by atoms with Gasteiger partial charge in [-0.3, -0.25) is 4.79 Å². The van der Waals surface area contributed by atoms with Gasteiger partial charge in [0.1, 0.15) is 6.61 Å². The molecule has 0 amide bonds. The first-order chi connectivity index (χ1) is 8.24. The lowest BCUT2D eigenvalue weighted by Gasteiger charge is -2.05. The van der Waals surface area contributed by atoms with E-state index in [1.807, 2.05) is 0 Å². The molecule has 0 aromatic carbocycles. The number of ether oxygens (including phenoxy) is 3. The molecule has 1 fully saturated rings. The summed E-state index contributed by atoms with van der Waals surface area (Å²) in [6.45, 7) is 5.74. The number of unbranched alkanes of at least 4 members (excludes halogenated alkanes) is 1. The molecule has 2 unspecified atom stereocenters. The van der Waals surface area contributed by atoms with Gasteiger partial charge in [-0.05, 0) is 26.2 Å². The number of hydrogen-bond donors (Lipinski definition) is 0. The van der Waals surface area contributed by atoms with Crippen LogP contribution in [0.1, 0.15) is 46.0 Å². The van der Waals surface area contributed by atoms with Crippen molar-refractivity contribution >= 4 is 5.97 Å². The van der Waals surface area contributed by atoms with E-state index < -0.39 is 0 Å². The molecular formula is C13H24O4. The second-order valence-corrected chi connectivity index (χ2v) is 4.46. The van der Waals surface area contributed by atoms with Crippen molar-refractivity contribution < 1.29 is 19.0 Å². The summed E-state index contributed by atoms with van der Waals surface area (Å²) >= 11 is 0. The number of esters is 1. The Morgan fingerprint density at radius 3 is 2.65 bits per heavy atom. The zero-order chi connectivity index (χ0) is 12.5. The van der Waals surface area contributed by atoms with Crippen molar-refractivity contribution in [3.8, 4) is 0 Å². The van der Waals surface area contributed by atoms with Gasteiger partial charge in [-0.2, -0.15) is 0 Å². The van der Waals surface area contributed by atoms with Gasteiger partial charge in [0, 0.05) is 13.0 Å². The third-order valence-corrected chi connectivity index (χ3v) is 2.84. The SMILES string of the molecule is CCCCC(=O)OCCOCCCC1OC1C. The minimum atomic E-state index is -0.115. The molecule has 0 spiro atoms. The molecule has 4 heteroatoms. The average molecular weight is 244 g/mol. The topological polar surface area (TPSA) is 48.1 Å². The molecule has 0 aromatic heterocycles. The highest BCUT2D eigenvalue weighted by Gasteiger charge is 2.32. The Morgan fingerprint density at radius 2 is 2.00 bits per heavy atom. The number of carbonyl (C=O) groups excluding carboxylic acids is 1. The summed E-state index contributed by atoms with van der Waals surface area (Å²) in [6, 6.07) is 0. The summed E-state index contributed by atoms with van der Waals surface area (Å²) in [5.41, 5.74) is 0. The van der Waals surface area contributed by atoms with E-state index in [0.29, 0.717) is 31.8 Å². The van der Waals surface area contributed by atoms with Crippen LogP contribution >= 0.6 is 0 Å². The average Bonchev–Trinajstić information content (AvgIpc) is 3.01. The standard InChI is InChI=1S/C13H24O4/c1-3-4-7-13(14)16-10-9-15-8-5-6-12-11(2)17-12/h11-12H,3-10H2,1-2H3. The van der Waals surface area contributed by atoms with E-state index in [1.54, 1.807) is 0 Å². The van der Waals surface area contributed by atoms with E-state index in [-0.39, 0.29) is 5.97 Å². The van der Waals surface area contributed by atoms with Crippen LogP contribution in [0.4, 0.5) is 0 Å². The van der Waals surface area contributed by atoms with Crippen molar-refractivity contribution in [2.75, 3.05) is 19.8 Å².